The molecule has 0 atom stereocenters. The van der Waals surface area contributed by atoms with Crippen LogP contribution in [0.5, 0.6) is 5.75 Å². The SMILES string of the molecule is COCOc1c(C)c(F)cc(F)c1F. The second kappa shape index (κ2) is 4.32. The van der Waals surface area contributed by atoms with Gasteiger partial charge in [-0.2, -0.15) is 4.39 Å². The molecule has 0 aliphatic carbocycles. The molecule has 1 rings (SSSR count). The minimum absolute atomic E-state index is 0.0825. The molecule has 0 unspecified atom stereocenters. The molecule has 0 heterocycles. The maximum atomic E-state index is 13.0. The third-order valence-corrected chi connectivity index (χ3v) is 1.68. The van der Waals surface area contributed by atoms with Gasteiger partial charge in [0.2, 0.25) is 5.82 Å². The molecule has 0 amide bonds. The smallest absolute Gasteiger partial charge is 0.201 e. The van der Waals surface area contributed by atoms with Crippen LogP contribution in [-0.2, 0) is 4.74 Å². The summed E-state index contributed by atoms with van der Waals surface area (Å²) in [5, 5.41) is 0. The van der Waals surface area contributed by atoms with Crippen molar-refractivity contribution in [3.63, 3.8) is 0 Å². The average Bonchev–Trinajstić information content (AvgIpc) is 2.15. The Kier molecular flexibility index (Phi) is 3.35. The highest BCUT2D eigenvalue weighted by atomic mass is 19.2. The van der Waals surface area contributed by atoms with Crippen molar-refractivity contribution in [1.29, 1.82) is 0 Å². The maximum Gasteiger partial charge on any atom is 0.201 e. The van der Waals surface area contributed by atoms with Crippen molar-refractivity contribution in [2.75, 3.05) is 13.9 Å². The van der Waals surface area contributed by atoms with Gasteiger partial charge in [-0.1, -0.05) is 0 Å². The van der Waals surface area contributed by atoms with E-state index >= 15 is 0 Å². The van der Waals surface area contributed by atoms with E-state index in [2.05, 4.69) is 4.74 Å². The molecule has 0 fully saturated rings. The van der Waals surface area contributed by atoms with E-state index in [-0.39, 0.29) is 12.4 Å². The zero-order valence-corrected chi connectivity index (χ0v) is 7.73. The van der Waals surface area contributed by atoms with Crippen LogP contribution in [0.1, 0.15) is 5.56 Å². The van der Waals surface area contributed by atoms with E-state index in [1.54, 1.807) is 0 Å². The van der Waals surface area contributed by atoms with Crippen LogP contribution in [-0.4, -0.2) is 13.9 Å². The molecule has 2 nitrogen and oxygen atoms in total. The topological polar surface area (TPSA) is 18.5 Å². The summed E-state index contributed by atoms with van der Waals surface area (Å²) in [6, 6.07) is 0.477. The molecule has 1 aromatic carbocycles. The molecule has 14 heavy (non-hydrogen) atoms. The summed E-state index contributed by atoms with van der Waals surface area (Å²) in [5.74, 6) is -3.79. The van der Waals surface area contributed by atoms with E-state index in [9.17, 15) is 13.2 Å². The van der Waals surface area contributed by atoms with Crippen LogP contribution in [0.3, 0.4) is 0 Å². The van der Waals surface area contributed by atoms with E-state index in [0.29, 0.717) is 6.07 Å². The number of ether oxygens (including phenoxy) is 2. The van der Waals surface area contributed by atoms with E-state index in [4.69, 9.17) is 4.74 Å². The molecule has 5 heteroatoms. The summed E-state index contributed by atoms with van der Waals surface area (Å²) in [4.78, 5) is 0. The van der Waals surface area contributed by atoms with E-state index in [1.807, 2.05) is 0 Å². The van der Waals surface area contributed by atoms with Crippen molar-refractivity contribution in [2.24, 2.45) is 0 Å². The number of methoxy groups -OCH3 is 1. The molecule has 78 valence electrons. The average molecular weight is 206 g/mol. The Balaban J connectivity index is 3.11. The minimum Gasteiger partial charge on any atom is -0.464 e. The van der Waals surface area contributed by atoms with Crippen molar-refractivity contribution in [2.45, 2.75) is 6.92 Å². The van der Waals surface area contributed by atoms with Crippen LogP contribution in [0, 0.1) is 24.4 Å². The molecule has 0 aliphatic heterocycles. The Hall–Kier alpha value is -1.23. The summed E-state index contributed by atoms with van der Waals surface area (Å²) in [7, 11) is 1.32. The second-order valence-corrected chi connectivity index (χ2v) is 2.66. The summed E-state index contributed by atoms with van der Waals surface area (Å²) in [5.41, 5.74) is -0.0825. The molecule has 0 radical (unpaired) electrons. The zero-order chi connectivity index (χ0) is 10.7. The van der Waals surface area contributed by atoms with Gasteiger partial charge in [0.25, 0.3) is 0 Å². The molecule has 0 spiro atoms. The van der Waals surface area contributed by atoms with Gasteiger partial charge in [-0.15, -0.1) is 0 Å². The van der Waals surface area contributed by atoms with Gasteiger partial charge >= 0.3 is 0 Å². The number of rotatable bonds is 3. The first-order valence-electron chi connectivity index (χ1n) is 3.83. The van der Waals surface area contributed by atoms with Gasteiger partial charge < -0.3 is 9.47 Å². The van der Waals surface area contributed by atoms with Crippen molar-refractivity contribution in [1.82, 2.24) is 0 Å². The quantitative estimate of drug-likeness (QED) is 0.558. The van der Waals surface area contributed by atoms with Crippen molar-refractivity contribution >= 4 is 0 Å². The highest BCUT2D eigenvalue weighted by Crippen LogP contribution is 2.26. The molecule has 0 N–H and O–H groups in total. The number of hydrogen-bond donors (Lipinski definition) is 0. The number of halogens is 3. The lowest BCUT2D eigenvalue weighted by molar-refractivity contribution is 0.0469. The highest BCUT2D eigenvalue weighted by molar-refractivity contribution is 5.35. The van der Waals surface area contributed by atoms with E-state index in [1.165, 1.54) is 14.0 Å². The summed E-state index contributed by atoms with van der Waals surface area (Å²) in [6.07, 6.45) is 0. The fraction of sp³-hybridized carbons (Fsp3) is 0.333. The van der Waals surface area contributed by atoms with Gasteiger partial charge in [-0.25, -0.2) is 8.78 Å². The van der Waals surface area contributed by atoms with Gasteiger partial charge in [0, 0.05) is 18.7 Å². The third-order valence-electron chi connectivity index (χ3n) is 1.68. The number of hydrogen-bond acceptors (Lipinski definition) is 2. The third kappa shape index (κ3) is 1.98. The van der Waals surface area contributed by atoms with Crippen LogP contribution >= 0.6 is 0 Å². The Bertz CT molecular complexity index is 313. The molecule has 1 aromatic rings. The van der Waals surface area contributed by atoms with Crippen LogP contribution in [0.2, 0.25) is 0 Å². The molecular formula is C9H9F3O2. The standard InChI is InChI=1S/C9H9F3O2/c1-5-6(10)3-7(11)8(12)9(5)14-4-13-2/h3H,4H2,1-2H3. The van der Waals surface area contributed by atoms with E-state index < -0.39 is 23.2 Å². The Morgan fingerprint density at radius 2 is 1.86 bits per heavy atom. The summed E-state index contributed by atoms with van der Waals surface area (Å²) in [6.45, 7) is 1.03. The van der Waals surface area contributed by atoms with E-state index in [0.717, 1.165) is 0 Å². The lowest BCUT2D eigenvalue weighted by atomic mass is 10.2. The van der Waals surface area contributed by atoms with Crippen molar-refractivity contribution in [3.05, 3.63) is 29.1 Å². The lowest BCUT2D eigenvalue weighted by Gasteiger charge is -2.09. The van der Waals surface area contributed by atoms with Crippen LogP contribution < -0.4 is 4.74 Å². The highest BCUT2D eigenvalue weighted by Gasteiger charge is 2.16. The van der Waals surface area contributed by atoms with Gasteiger partial charge in [0.05, 0.1) is 0 Å². The molecule has 0 aliphatic rings. The molecule has 0 bridgehead atoms. The normalized spacial score (nSPS) is 10.4. The Morgan fingerprint density at radius 3 is 2.43 bits per heavy atom. The Labute approximate surface area is 79.2 Å². The van der Waals surface area contributed by atoms with Crippen LogP contribution in [0.4, 0.5) is 13.2 Å². The predicted molar refractivity (Wildman–Crippen MR) is 43.6 cm³/mol. The predicted octanol–water partition coefficient (Wildman–Crippen LogP) is 2.40. The largest absolute Gasteiger partial charge is 0.464 e. The fourth-order valence-electron chi connectivity index (χ4n) is 0.954. The molecular weight excluding hydrogens is 197 g/mol. The Morgan fingerprint density at radius 1 is 1.21 bits per heavy atom. The second-order valence-electron chi connectivity index (χ2n) is 2.66. The van der Waals surface area contributed by atoms with Gasteiger partial charge in [-0.3, -0.25) is 0 Å². The maximum absolute atomic E-state index is 13.0. The fourth-order valence-corrected chi connectivity index (χ4v) is 0.954. The van der Waals surface area contributed by atoms with Gasteiger partial charge in [0.1, 0.15) is 5.82 Å². The summed E-state index contributed by atoms with van der Waals surface area (Å²) >= 11 is 0. The molecule has 0 saturated carbocycles. The first kappa shape index (κ1) is 10.8. The van der Waals surface area contributed by atoms with Crippen molar-refractivity contribution in [3.8, 4) is 5.75 Å². The molecule has 0 aromatic heterocycles. The van der Waals surface area contributed by atoms with Crippen LogP contribution in [0.15, 0.2) is 6.07 Å². The lowest BCUT2D eigenvalue weighted by Crippen LogP contribution is -2.05. The van der Waals surface area contributed by atoms with Crippen molar-refractivity contribution < 1.29 is 22.6 Å². The summed E-state index contributed by atoms with van der Waals surface area (Å²) < 4.78 is 47.9. The van der Waals surface area contributed by atoms with Gasteiger partial charge in [-0.05, 0) is 6.92 Å². The monoisotopic (exact) mass is 206 g/mol. The number of benzene rings is 1. The van der Waals surface area contributed by atoms with Gasteiger partial charge in [0.15, 0.2) is 18.4 Å². The minimum atomic E-state index is -1.28. The molecule has 0 saturated heterocycles. The first-order valence-corrected chi connectivity index (χ1v) is 3.83. The zero-order valence-electron chi connectivity index (χ0n) is 7.73. The first-order chi connectivity index (χ1) is 6.57. The van der Waals surface area contributed by atoms with Crippen LogP contribution in [0.25, 0.3) is 0 Å².